The van der Waals surface area contributed by atoms with Crippen LogP contribution in [0.25, 0.3) is 0 Å². The van der Waals surface area contributed by atoms with E-state index in [4.69, 9.17) is 5.73 Å². The van der Waals surface area contributed by atoms with Crippen molar-refractivity contribution in [2.24, 2.45) is 11.7 Å². The third kappa shape index (κ3) is 3.86. The first-order chi connectivity index (χ1) is 8.18. The summed E-state index contributed by atoms with van der Waals surface area (Å²) in [6, 6.07) is 0.744. The molecule has 0 aromatic heterocycles. The third-order valence-corrected chi connectivity index (χ3v) is 4.54. The summed E-state index contributed by atoms with van der Waals surface area (Å²) < 4.78 is 0. The molecule has 0 aliphatic heterocycles. The minimum absolute atomic E-state index is 0. The Morgan fingerprint density at radius 1 is 1.06 bits per heavy atom. The molecule has 1 amide bonds. The van der Waals surface area contributed by atoms with Crippen molar-refractivity contribution in [3.05, 3.63) is 0 Å². The van der Waals surface area contributed by atoms with E-state index in [1.165, 1.54) is 38.5 Å². The molecule has 0 saturated heterocycles. The molecule has 2 N–H and O–H groups in total. The summed E-state index contributed by atoms with van der Waals surface area (Å²) in [6.07, 6.45) is 10.6. The zero-order valence-corrected chi connectivity index (χ0v) is 12.3. The number of carbonyl (C=O) groups excluding carboxylic acids is 1. The molecule has 0 spiro atoms. The molecule has 0 aromatic carbocycles. The second-order valence-corrected chi connectivity index (χ2v) is 5.86. The molecule has 2 aliphatic rings. The Bertz CT molecular complexity index is 265. The van der Waals surface area contributed by atoms with Gasteiger partial charge in [0, 0.05) is 25.0 Å². The van der Waals surface area contributed by atoms with E-state index in [1.807, 2.05) is 11.9 Å². The number of halogens is 1. The maximum Gasteiger partial charge on any atom is 0.225 e. The van der Waals surface area contributed by atoms with Crippen molar-refractivity contribution in [2.45, 2.75) is 69.9 Å². The van der Waals surface area contributed by atoms with Gasteiger partial charge in [0.2, 0.25) is 5.91 Å². The highest BCUT2D eigenvalue weighted by atomic mass is 35.5. The summed E-state index contributed by atoms with van der Waals surface area (Å²) in [5, 5.41) is 0. The van der Waals surface area contributed by atoms with E-state index >= 15 is 0 Å². The average Bonchev–Trinajstić information content (AvgIpc) is 2.60. The van der Waals surface area contributed by atoms with E-state index in [1.54, 1.807) is 0 Å². The fourth-order valence-corrected chi connectivity index (χ4v) is 3.35. The van der Waals surface area contributed by atoms with E-state index in [0.29, 0.717) is 11.9 Å². The average molecular weight is 275 g/mol. The Balaban J connectivity index is 0.00000162. The minimum atomic E-state index is 0. The van der Waals surface area contributed by atoms with Crippen LogP contribution in [0.1, 0.15) is 57.8 Å². The summed E-state index contributed by atoms with van der Waals surface area (Å²) in [4.78, 5) is 14.4. The van der Waals surface area contributed by atoms with Gasteiger partial charge in [-0.25, -0.2) is 0 Å². The van der Waals surface area contributed by atoms with Crippen molar-refractivity contribution in [2.75, 3.05) is 7.05 Å². The molecule has 0 heterocycles. The number of hydrogen-bond acceptors (Lipinski definition) is 2. The molecule has 3 nitrogen and oxygen atoms in total. The molecule has 2 saturated carbocycles. The van der Waals surface area contributed by atoms with E-state index in [0.717, 1.165) is 19.3 Å². The summed E-state index contributed by atoms with van der Waals surface area (Å²) in [5.74, 6) is 0.558. The van der Waals surface area contributed by atoms with Crippen molar-refractivity contribution in [3.63, 3.8) is 0 Å². The van der Waals surface area contributed by atoms with Crippen molar-refractivity contribution in [1.29, 1.82) is 0 Å². The Morgan fingerprint density at radius 3 is 2.17 bits per heavy atom. The SMILES string of the molecule is CN(C(=O)C1CCC(N)C1)C1CCCCCC1.Cl. The molecule has 4 heteroatoms. The molecule has 2 unspecified atom stereocenters. The van der Waals surface area contributed by atoms with Gasteiger partial charge in [-0.15, -0.1) is 12.4 Å². The summed E-state index contributed by atoms with van der Waals surface area (Å²) in [6.45, 7) is 0. The Hall–Kier alpha value is -0.280. The monoisotopic (exact) mass is 274 g/mol. The quantitative estimate of drug-likeness (QED) is 0.787. The Morgan fingerprint density at radius 2 is 1.67 bits per heavy atom. The largest absolute Gasteiger partial charge is 0.343 e. The van der Waals surface area contributed by atoms with Gasteiger partial charge < -0.3 is 10.6 Å². The zero-order chi connectivity index (χ0) is 12.3. The molecule has 2 atom stereocenters. The summed E-state index contributed by atoms with van der Waals surface area (Å²) in [7, 11) is 2.00. The van der Waals surface area contributed by atoms with Crippen LogP contribution in [0.5, 0.6) is 0 Å². The van der Waals surface area contributed by atoms with Crippen LogP contribution >= 0.6 is 12.4 Å². The van der Waals surface area contributed by atoms with Gasteiger partial charge in [-0.05, 0) is 32.1 Å². The highest BCUT2D eigenvalue weighted by Gasteiger charge is 2.32. The van der Waals surface area contributed by atoms with E-state index in [2.05, 4.69) is 0 Å². The predicted octanol–water partition coefficient (Wildman–Crippen LogP) is 2.72. The standard InChI is InChI=1S/C14H26N2O.ClH/c1-16(13-6-4-2-3-5-7-13)14(17)11-8-9-12(15)10-11;/h11-13H,2-10,15H2,1H3;1H. The van der Waals surface area contributed by atoms with Gasteiger partial charge in [0.25, 0.3) is 0 Å². The third-order valence-electron chi connectivity index (χ3n) is 4.54. The van der Waals surface area contributed by atoms with Gasteiger partial charge in [0.15, 0.2) is 0 Å². The minimum Gasteiger partial charge on any atom is -0.343 e. The number of rotatable bonds is 2. The number of nitrogens with two attached hydrogens (primary N) is 1. The van der Waals surface area contributed by atoms with Gasteiger partial charge in [-0.3, -0.25) is 4.79 Å². The molecular formula is C14H27ClN2O. The van der Waals surface area contributed by atoms with Crippen molar-refractivity contribution in [1.82, 2.24) is 4.90 Å². The van der Waals surface area contributed by atoms with Gasteiger partial charge in [0.1, 0.15) is 0 Å². The van der Waals surface area contributed by atoms with Crippen LogP contribution in [-0.2, 0) is 4.79 Å². The van der Waals surface area contributed by atoms with Gasteiger partial charge in [-0.2, -0.15) is 0 Å². The molecule has 18 heavy (non-hydrogen) atoms. The first-order valence-corrected chi connectivity index (χ1v) is 7.20. The smallest absolute Gasteiger partial charge is 0.225 e. The topological polar surface area (TPSA) is 46.3 Å². The lowest BCUT2D eigenvalue weighted by molar-refractivity contribution is -0.136. The second-order valence-electron chi connectivity index (χ2n) is 5.86. The number of carbonyl (C=O) groups is 1. The lowest BCUT2D eigenvalue weighted by Gasteiger charge is -2.29. The molecular weight excluding hydrogens is 248 g/mol. The van der Waals surface area contributed by atoms with Gasteiger partial charge >= 0.3 is 0 Å². The fraction of sp³-hybridized carbons (Fsp3) is 0.929. The van der Waals surface area contributed by atoms with Crippen molar-refractivity contribution < 1.29 is 4.79 Å². The molecule has 2 fully saturated rings. The first-order valence-electron chi connectivity index (χ1n) is 7.20. The fourth-order valence-electron chi connectivity index (χ4n) is 3.35. The summed E-state index contributed by atoms with van der Waals surface area (Å²) >= 11 is 0. The van der Waals surface area contributed by atoms with Gasteiger partial charge in [-0.1, -0.05) is 25.7 Å². The highest BCUT2D eigenvalue weighted by Crippen LogP contribution is 2.28. The first kappa shape index (κ1) is 15.8. The van der Waals surface area contributed by atoms with Crippen molar-refractivity contribution in [3.8, 4) is 0 Å². The molecule has 0 bridgehead atoms. The maximum absolute atomic E-state index is 12.4. The van der Waals surface area contributed by atoms with E-state index in [9.17, 15) is 4.79 Å². The van der Waals surface area contributed by atoms with Crippen LogP contribution in [-0.4, -0.2) is 29.9 Å². The lowest BCUT2D eigenvalue weighted by atomic mass is 10.0. The summed E-state index contributed by atoms with van der Waals surface area (Å²) in [5.41, 5.74) is 5.90. The Labute approximate surface area is 117 Å². The molecule has 2 rings (SSSR count). The maximum atomic E-state index is 12.4. The molecule has 0 aromatic rings. The molecule has 2 aliphatic carbocycles. The van der Waals surface area contributed by atoms with Crippen LogP contribution < -0.4 is 5.73 Å². The molecule has 106 valence electrons. The van der Waals surface area contributed by atoms with E-state index < -0.39 is 0 Å². The second kappa shape index (κ2) is 7.34. The van der Waals surface area contributed by atoms with Crippen molar-refractivity contribution >= 4 is 18.3 Å². The zero-order valence-electron chi connectivity index (χ0n) is 11.4. The van der Waals surface area contributed by atoms with Crippen LogP contribution in [0.4, 0.5) is 0 Å². The van der Waals surface area contributed by atoms with Crippen LogP contribution in [0.2, 0.25) is 0 Å². The van der Waals surface area contributed by atoms with E-state index in [-0.39, 0.29) is 24.4 Å². The highest BCUT2D eigenvalue weighted by molar-refractivity contribution is 5.85. The van der Waals surface area contributed by atoms with Gasteiger partial charge in [0.05, 0.1) is 0 Å². The normalized spacial score (nSPS) is 29.4. The number of nitrogens with zero attached hydrogens (tertiary/aromatic N) is 1. The molecule has 0 radical (unpaired) electrons. The number of amides is 1. The van der Waals surface area contributed by atoms with Crippen LogP contribution in [0.15, 0.2) is 0 Å². The number of hydrogen-bond donors (Lipinski definition) is 1. The Kier molecular flexibility index (Phi) is 6.44. The lowest BCUT2D eigenvalue weighted by Crippen LogP contribution is -2.40. The predicted molar refractivity (Wildman–Crippen MR) is 76.8 cm³/mol. The van der Waals surface area contributed by atoms with Crippen LogP contribution in [0, 0.1) is 5.92 Å². The van der Waals surface area contributed by atoms with Crippen LogP contribution in [0.3, 0.4) is 0 Å².